The zero-order chi connectivity index (χ0) is 20.2. The van der Waals surface area contributed by atoms with Crippen LogP contribution in [0, 0.1) is 15.9 Å². The van der Waals surface area contributed by atoms with Crippen molar-refractivity contribution in [1.29, 1.82) is 0 Å². The predicted octanol–water partition coefficient (Wildman–Crippen LogP) is 5.06. The fourth-order valence-electron chi connectivity index (χ4n) is 2.92. The predicted molar refractivity (Wildman–Crippen MR) is 107 cm³/mol. The first-order valence-corrected chi connectivity index (χ1v) is 9.89. The van der Waals surface area contributed by atoms with Crippen molar-refractivity contribution in [3.05, 3.63) is 33.6 Å². The van der Waals surface area contributed by atoms with E-state index in [1.54, 1.807) is 11.9 Å². The van der Waals surface area contributed by atoms with Gasteiger partial charge in [0.05, 0.1) is 16.7 Å². The minimum atomic E-state index is -0.708. The maximum atomic E-state index is 14.4. The van der Waals surface area contributed by atoms with Crippen LogP contribution in [0.2, 0.25) is 0 Å². The van der Waals surface area contributed by atoms with Gasteiger partial charge in [0.15, 0.2) is 5.82 Å². The van der Waals surface area contributed by atoms with E-state index in [1.807, 2.05) is 0 Å². The largest absolute Gasteiger partial charge is 0.372 e. The monoisotopic (exact) mass is 381 g/mol. The number of rotatable bonds is 13. The first kappa shape index (κ1) is 22.9. The molecule has 0 saturated carbocycles. The van der Waals surface area contributed by atoms with Crippen molar-refractivity contribution in [2.24, 2.45) is 0 Å². The molecule has 1 N–H and O–H groups in total. The molecule has 0 fully saturated rings. The molecule has 1 aromatic carbocycles. The molecule has 0 aliphatic carbocycles. The second kappa shape index (κ2) is 12.3. The lowest BCUT2D eigenvalue weighted by molar-refractivity contribution is -0.385. The summed E-state index contributed by atoms with van der Waals surface area (Å²) in [5.41, 5.74) is -0.373. The molecule has 152 valence electrons. The molecule has 0 saturated heterocycles. The number of nitro benzene ring substituents is 1. The second-order valence-corrected chi connectivity index (χ2v) is 6.88. The lowest BCUT2D eigenvalue weighted by Crippen LogP contribution is -2.26. The number of benzene rings is 1. The van der Waals surface area contributed by atoms with E-state index in [9.17, 15) is 19.3 Å². The first-order chi connectivity index (χ1) is 12.9. The summed E-state index contributed by atoms with van der Waals surface area (Å²) in [5.74, 6) is -1.21. The van der Waals surface area contributed by atoms with E-state index in [0.717, 1.165) is 57.4 Å². The molecule has 1 aromatic rings. The molecule has 1 rings (SSSR count). The van der Waals surface area contributed by atoms with Gasteiger partial charge in [0, 0.05) is 20.1 Å². The lowest BCUT2D eigenvalue weighted by Gasteiger charge is -2.20. The Morgan fingerprint density at radius 1 is 1.11 bits per heavy atom. The van der Waals surface area contributed by atoms with Gasteiger partial charge >= 0.3 is 0 Å². The van der Waals surface area contributed by atoms with Crippen LogP contribution in [0.15, 0.2) is 12.1 Å². The number of anilines is 1. The number of hydrogen-bond donors (Lipinski definition) is 1. The van der Waals surface area contributed by atoms with Gasteiger partial charge in [-0.15, -0.1) is 0 Å². The van der Waals surface area contributed by atoms with E-state index >= 15 is 0 Å². The minimum absolute atomic E-state index is 0.0905. The Balaban J connectivity index is 2.90. The maximum absolute atomic E-state index is 14.4. The second-order valence-electron chi connectivity index (χ2n) is 6.88. The van der Waals surface area contributed by atoms with Crippen molar-refractivity contribution >= 4 is 17.3 Å². The van der Waals surface area contributed by atoms with Crippen LogP contribution in [0.3, 0.4) is 0 Å². The van der Waals surface area contributed by atoms with E-state index in [4.69, 9.17) is 0 Å². The normalized spacial score (nSPS) is 10.7. The molecule has 0 aromatic heterocycles. The van der Waals surface area contributed by atoms with Gasteiger partial charge in [0.25, 0.3) is 11.6 Å². The molecule has 6 nitrogen and oxygen atoms in total. The van der Waals surface area contributed by atoms with Gasteiger partial charge in [-0.25, -0.2) is 4.39 Å². The highest BCUT2D eigenvalue weighted by Gasteiger charge is 2.24. The third kappa shape index (κ3) is 7.53. The van der Waals surface area contributed by atoms with E-state index in [2.05, 4.69) is 19.2 Å². The molecule has 0 bridgehead atoms. The molecule has 0 aliphatic rings. The van der Waals surface area contributed by atoms with Gasteiger partial charge in [-0.2, -0.15) is 0 Å². The fraction of sp³-hybridized carbons (Fsp3) is 0.650. The van der Waals surface area contributed by atoms with Gasteiger partial charge in [0.1, 0.15) is 5.56 Å². The van der Waals surface area contributed by atoms with E-state index in [-0.39, 0.29) is 11.3 Å². The van der Waals surface area contributed by atoms with Crippen LogP contribution in [0.5, 0.6) is 0 Å². The summed E-state index contributed by atoms with van der Waals surface area (Å²) in [5, 5.41) is 14.0. The van der Waals surface area contributed by atoms with Crippen LogP contribution < -0.4 is 10.2 Å². The SMILES string of the molecule is CCCCCCNC(=O)c1cc(N(C)CCCCCC)c(F)cc1[N+](=O)[O-]. The van der Waals surface area contributed by atoms with Crippen molar-refractivity contribution in [2.75, 3.05) is 25.0 Å². The number of halogens is 1. The minimum Gasteiger partial charge on any atom is -0.372 e. The molecule has 1 amide bonds. The highest BCUT2D eigenvalue weighted by molar-refractivity contribution is 5.99. The number of carbonyl (C=O) groups excluding carboxylic acids is 1. The third-order valence-electron chi connectivity index (χ3n) is 4.58. The Hall–Kier alpha value is -2.18. The van der Waals surface area contributed by atoms with Crippen molar-refractivity contribution < 1.29 is 14.1 Å². The summed E-state index contributed by atoms with van der Waals surface area (Å²) >= 11 is 0. The Labute approximate surface area is 161 Å². The van der Waals surface area contributed by atoms with Gasteiger partial charge < -0.3 is 10.2 Å². The molecule has 0 unspecified atom stereocenters. The Bertz CT molecular complexity index is 623. The van der Waals surface area contributed by atoms with Crippen LogP contribution in [-0.2, 0) is 0 Å². The Morgan fingerprint density at radius 3 is 2.33 bits per heavy atom. The first-order valence-electron chi connectivity index (χ1n) is 9.89. The van der Waals surface area contributed by atoms with Crippen LogP contribution in [0.4, 0.5) is 15.8 Å². The van der Waals surface area contributed by atoms with E-state index in [1.165, 1.54) is 6.07 Å². The van der Waals surface area contributed by atoms with Gasteiger partial charge in [-0.1, -0.05) is 52.4 Å². The summed E-state index contributed by atoms with van der Waals surface area (Å²) < 4.78 is 14.4. The van der Waals surface area contributed by atoms with E-state index in [0.29, 0.717) is 13.1 Å². The molecule has 0 aliphatic heterocycles. The summed E-state index contributed by atoms with van der Waals surface area (Å²) in [6.07, 6.45) is 8.15. The van der Waals surface area contributed by atoms with Crippen molar-refractivity contribution in [3.8, 4) is 0 Å². The average molecular weight is 381 g/mol. The molecule has 0 radical (unpaired) electrons. The fourth-order valence-corrected chi connectivity index (χ4v) is 2.92. The quantitative estimate of drug-likeness (QED) is 0.294. The topological polar surface area (TPSA) is 75.5 Å². The van der Waals surface area contributed by atoms with Gasteiger partial charge in [-0.05, 0) is 18.9 Å². The number of hydrogen-bond acceptors (Lipinski definition) is 4. The van der Waals surface area contributed by atoms with Crippen LogP contribution in [0.25, 0.3) is 0 Å². The smallest absolute Gasteiger partial charge is 0.285 e. The molecule has 0 spiro atoms. The lowest BCUT2D eigenvalue weighted by atomic mass is 10.1. The van der Waals surface area contributed by atoms with Gasteiger partial charge in [-0.3, -0.25) is 14.9 Å². The molecule has 0 atom stereocenters. The molecule has 27 heavy (non-hydrogen) atoms. The summed E-state index contributed by atoms with van der Waals surface area (Å²) in [4.78, 5) is 24.7. The highest BCUT2D eigenvalue weighted by atomic mass is 19.1. The molecular formula is C20H32FN3O3. The standard InChI is InChI=1S/C20H32FN3O3/c1-4-6-8-10-12-22-20(25)16-14-19(17(21)15-18(16)24(26)27)23(3)13-11-9-7-5-2/h14-15H,4-13H2,1-3H3,(H,22,25). The van der Waals surface area contributed by atoms with Crippen LogP contribution in [0.1, 0.15) is 75.6 Å². The number of nitrogens with one attached hydrogen (secondary N) is 1. The molecule has 0 heterocycles. The summed E-state index contributed by atoms with van der Waals surface area (Å²) in [7, 11) is 1.74. The Morgan fingerprint density at radius 2 is 1.74 bits per heavy atom. The van der Waals surface area contributed by atoms with Crippen LogP contribution in [-0.4, -0.2) is 31.0 Å². The molecule has 7 heteroatoms. The number of unbranched alkanes of at least 4 members (excludes halogenated alkanes) is 6. The maximum Gasteiger partial charge on any atom is 0.285 e. The third-order valence-corrected chi connectivity index (χ3v) is 4.58. The number of carbonyl (C=O) groups is 1. The average Bonchev–Trinajstić information content (AvgIpc) is 2.64. The zero-order valence-corrected chi connectivity index (χ0v) is 16.7. The number of amides is 1. The van der Waals surface area contributed by atoms with Crippen molar-refractivity contribution in [2.45, 2.75) is 65.2 Å². The zero-order valence-electron chi connectivity index (χ0n) is 16.7. The van der Waals surface area contributed by atoms with Crippen LogP contribution >= 0.6 is 0 Å². The van der Waals surface area contributed by atoms with Gasteiger partial charge in [0.2, 0.25) is 0 Å². The summed E-state index contributed by atoms with van der Waals surface area (Å²) in [6.45, 7) is 5.30. The number of nitrogens with zero attached hydrogens (tertiary/aromatic N) is 2. The van der Waals surface area contributed by atoms with Crippen molar-refractivity contribution in [3.63, 3.8) is 0 Å². The highest BCUT2D eigenvalue weighted by Crippen LogP contribution is 2.28. The Kier molecular flexibility index (Phi) is 10.4. The number of nitro groups is 1. The molecular weight excluding hydrogens is 349 g/mol. The summed E-state index contributed by atoms with van der Waals surface area (Å²) in [6, 6.07) is 2.15. The van der Waals surface area contributed by atoms with E-state index < -0.39 is 22.3 Å². The van der Waals surface area contributed by atoms with Crippen molar-refractivity contribution in [1.82, 2.24) is 5.32 Å².